The first-order valence-electron chi connectivity index (χ1n) is 15.4. The summed E-state index contributed by atoms with van der Waals surface area (Å²) < 4.78 is 26.1. The lowest BCUT2D eigenvalue weighted by molar-refractivity contribution is -0.162. The molecule has 2 aliphatic rings. The number of carbonyl (C=O) groups is 2. The van der Waals surface area contributed by atoms with E-state index in [1.165, 1.54) is 6.08 Å². The molecule has 2 fully saturated rings. The third-order valence-corrected chi connectivity index (χ3v) is 13.6. The molecular formula is C38H38O6Si. The fourth-order valence-electron chi connectivity index (χ4n) is 6.56. The molecule has 0 amide bonds. The van der Waals surface area contributed by atoms with E-state index >= 15 is 0 Å². The van der Waals surface area contributed by atoms with Crippen LogP contribution in [0.3, 0.4) is 0 Å². The monoisotopic (exact) mass is 618 g/mol. The Morgan fingerprint density at radius 2 is 1.36 bits per heavy atom. The molecule has 2 heterocycles. The first-order chi connectivity index (χ1) is 21.8. The van der Waals surface area contributed by atoms with E-state index in [-0.39, 0.29) is 17.4 Å². The van der Waals surface area contributed by atoms with Crippen LogP contribution in [0.5, 0.6) is 0 Å². The summed E-state index contributed by atoms with van der Waals surface area (Å²) in [5, 5.41) is 1.93. The van der Waals surface area contributed by atoms with Crippen LogP contribution >= 0.6 is 0 Å². The van der Waals surface area contributed by atoms with Crippen molar-refractivity contribution in [1.29, 1.82) is 0 Å². The molecule has 4 aromatic rings. The van der Waals surface area contributed by atoms with Crippen LogP contribution in [0.15, 0.2) is 127 Å². The number of hydrogen-bond donors (Lipinski definition) is 0. The average Bonchev–Trinajstić information content (AvgIpc) is 3.58. The highest BCUT2D eigenvalue weighted by molar-refractivity contribution is 6.99. The van der Waals surface area contributed by atoms with Gasteiger partial charge in [0.15, 0.2) is 12.2 Å². The molecule has 6 nitrogen and oxygen atoms in total. The molecule has 6 rings (SSSR count). The van der Waals surface area contributed by atoms with Gasteiger partial charge in [-0.15, -0.1) is 0 Å². The Hall–Kier alpha value is -4.30. The van der Waals surface area contributed by atoms with Gasteiger partial charge >= 0.3 is 11.9 Å². The van der Waals surface area contributed by atoms with Gasteiger partial charge < -0.3 is 18.6 Å². The SMILES string of the molecule is CC(C)(C)[Si](O[C@H](c1ccccc1)[C@H]1O[C@@H]2CC(=O)O[C@@H]2[C@H]1OC(=O)/C=C/c1ccccc1)(c1ccccc1)c1ccccc1. The summed E-state index contributed by atoms with van der Waals surface area (Å²) in [5.41, 5.74) is 1.76. The van der Waals surface area contributed by atoms with Crippen molar-refractivity contribution < 1.29 is 28.2 Å². The zero-order valence-electron chi connectivity index (χ0n) is 25.7. The summed E-state index contributed by atoms with van der Waals surface area (Å²) >= 11 is 0. The van der Waals surface area contributed by atoms with Crippen molar-refractivity contribution in [1.82, 2.24) is 0 Å². The molecule has 0 saturated carbocycles. The molecule has 0 unspecified atom stereocenters. The molecule has 2 aliphatic heterocycles. The van der Waals surface area contributed by atoms with Gasteiger partial charge in [-0.2, -0.15) is 0 Å². The fourth-order valence-corrected chi connectivity index (χ4v) is 11.2. The molecular weight excluding hydrogens is 580 g/mol. The highest BCUT2D eigenvalue weighted by Gasteiger charge is 2.59. The minimum absolute atomic E-state index is 0.0930. The molecule has 230 valence electrons. The van der Waals surface area contributed by atoms with E-state index in [9.17, 15) is 9.59 Å². The lowest BCUT2D eigenvalue weighted by Gasteiger charge is -2.46. The second-order valence-electron chi connectivity index (χ2n) is 12.6. The number of benzene rings is 4. The molecule has 0 spiro atoms. The lowest BCUT2D eigenvalue weighted by Crippen LogP contribution is -2.67. The Morgan fingerprint density at radius 1 is 0.822 bits per heavy atom. The van der Waals surface area contributed by atoms with Gasteiger partial charge in [-0.1, -0.05) is 142 Å². The van der Waals surface area contributed by atoms with E-state index in [1.54, 1.807) is 6.08 Å². The maximum atomic E-state index is 13.3. The van der Waals surface area contributed by atoms with E-state index in [0.29, 0.717) is 0 Å². The molecule has 7 heteroatoms. The van der Waals surface area contributed by atoms with Gasteiger partial charge in [0.2, 0.25) is 0 Å². The van der Waals surface area contributed by atoms with Crippen LogP contribution in [0.4, 0.5) is 0 Å². The average molecular weight is 619 g/mol. The van der Waals surface area contributed by atoms with Crippen molar-refractivity contribution in [2.24, 2.45) is 0 Å². The van der Waals surface area contributed by atoms with Crippen LogP contribution in [0.2, 0.25) is 5.04 Å². The quantitative estimate of drug-likeness (QED) is 0.130. The van der Waals surface area contributed by atoms with Crippen LogP contribution in [0, 0.1) is 0 Å². The van der Waals surface area contributed by atoms with E-state index in [2.05, 4.69) is 45.0 Å². The van der Waals surface area contributed by atoms with Crippen molar-refractivity contribution in [2.45, 2.75) is 62.8 Å². The highest BCUT2D eigenvalue weighted by atomic mass is 28.4. The summed E-state index contributed by atoms with van der Waals surface area (Å²) in [5.74, 6) is -0.910. The van der Waals surface area contributed by atoms with E-state index in [1.807, 2.05) is 97.1 Å². The molecule has 5 atom stereocenters. The second-order valence-corrected chi connectivity index (χ2v) is 16.8. The molecule has 0 radical (unpaired) electrons. The smallest absolute Gasteiger partial charge is 0.331 e. The molecule has 0 bridgehead atoms. The normalized spacial score (nSPS) is 22.2. The number of fused-ring (bicyclic) bond motifs is 1. The highest BCUT2D eigenvalue weighted by Crippen LogP contribution is 2.45. The second kappa shape index (κ2) is 13.0. The van der Waals surface area contributed by atoms with Crippen LogP contribution in [0.25, 0.3) is 6.08 Å². The van der Waals surface area contributed by atoms with E-state index < -0.39 is 44.8 Å². The number of hydrogen-bond acceptors (Lipinski definition) is 6. The predicted octanol–water partition coefficient (Wildman–Crippen LogP) is 6.01. The van der Waals surface area contributed by atoms with Gasteiger partial charge in [0.05, 0.1) is 6.42 Å². The Kier molecular flexibility index (Phi) is 8.85. The molecule has 4 aromatic carbocycles. The third kappa shape index (κ3) is 6.29. The van der Waals surface area contributed by atoms with E-state index in [4.69, 9.17) is 18.6 Å². The van der Waals surface area contributed by atoms with Crippen molar-refractivity contribution >= 4 is 36.7 Å². The standard InChI is InChI=1S/C38H38O6Si/c1-38(2,3)45(29-20-12-6-13-21-29,30-22-14-7-15-23-30)44-34(28-18-10-5-11-19-28)36-37(35-31(41-36)26-33(40)43-35)42-32(39)25-24-27-16-8-4-9-17-27/h4-25,31,34-37H,26H2,1-3H3/b25-24+/t31-,34-,35+,36-,37-/m1/s1. The van der Waals surface area contributed by atoms with Crippen molar-refractivity contribution in [3.05, 3.63) is 139 Å². The van der Waals surface area contributed by atoms with E-state index in [0.717, 1.165) is 21.5 Å². The number of carbonyl (C=O) groups excluding carboxylic acids is 2. The van der Waals surface area contributed by atoms with Gasteiger partial charge in [-0.05, 0) is 32.6 Å². The number of rotatable bonds is 9. The third-order valence-electron chi connectivity index (χ3n) is 8.59. The lowest BCUT2D eigenvalue weighted by atomic mass is 9.98. The molecule has 45 heavy (non-hydrogen) atoms. The molecule has 2 saturated heterocycles. The molecule has 0 aromatic heterocycles. The topological polar surface area (TPSA) is 71.1 Å². The zero-order chi connectivity index (χ0) is 31.4. The van der Waals surface area contributed by atoms with Gasteiger partial charge in [-0.25, -0.2) is 4.79 Å². The number of esters is 2. The summed E-state index contributed by atoms with van der Waals surface area (Å²) in [6.07, 6.45) is -0.328. The summed E-state index contributed by atoms with van der Waals surface area (Å²) in [4.78, 5) is 25.7. The van der Waals surface area contributed by atoms with Crippen LogP contribution in [-0.4, -0.2) is 44.7 Å². The van der Waals surface area contributed by atoms with Crippen molar-refractivity contribution in [3.8, 4) is 0 Å². The number of ether oxygens (including phenoxy) is 3. The first kappa shape index (κ1) is 30.7. The Bertz CT molecular complexity index is 1580. The Morgan fingerprint density at radius 3 is 1.91 bits per heavy atom. The maximum absolute atomic E-state index is 13.3. The minimum Gasteiger partial charge on any atom is -0.455 e. The van der Waals surface area contributed by atoms with Gasteiger partial charge in [0, 0.05) is 6.08 Å². The Balaban J connectivity index is 1.44. The largest absolute Gasteiger partial charge is 0.455 e. The fraction of sp³-hybridized carbons (Fsp3) is 0.263. The summed E-state index contributed by atoms with van der Waals surface area (Å²) in [6, 6.07) is 40.3. The predicted molar refractivity (Wildman–Crippen MR) is 176 cm³/mol. The summed E-state index contributed by atoms with van der Waals surface area (Å²) in [6.45, 7) is 6.66. The molecule has 0 aliphatic carbocycles. The van der Waals surface area contributed by atoms with Crippen LogP contribution < -0.4 is 10.4 Å². The van der Waals surface area contributed by atoms with Gasteiger partial charge in [0.25, 0.3) is 8.32 Å². The molecule has 0 N–H and O–H groups in total. The van der Waals surface area contributed by atoms with Crippen LogP contribution in [-0.2, 0) is 28.2 Å². The van der Waals surface area contributed by atoms with Crippen LogP contribution in [0.1, 0.15) is 44.4 Å². The Labute approximate surface area is 265 Å². The summed E-state index contributed by atoms with van der Waals surface area (Å²) in [7, 11) is -3.08. The minimum atomic E-state index is -3.08. The first-order valence-corrected chi connectivity index (χ1v) is 17.3. The van der Waals surface area contributed by atoms with Gasteiger partial charge in [-0.3, -0.25) is 4.79 Å². The van der Waals surface area contributed by atoms with Crippen molar-refractivity contribution in [2.75, 3.05) is 0 Å². The maximum Gasteiger partial charge on any atom is 0.331 e. The zero-order valence-corrected chi connectivity index (χ0v) is 26.7. The van der Waals surface area contributed by atoms with Gasteiger partial charge in [0.1, 0.15) is 18.3 Å². The van der Waals surface area contributed by atoms with Crippen molar-refractivity contribution in [3.63, 3.8) is 0 Å².